The summed E-state index contributed by atoms with van der Waals surface area (Å²) in [6.07, 6.45) is 0. The Morgan fingerprint density at radius 1 is 1.24 bits per heavy atom. The average molecular weight is 235 g/mol. The second-order valence-corrected chi connectivity index (χ2v) is 4.46. The van der Waals surface area contributed by atoms with Crippen LogP contribution in [0.1, 0.15) is 5.69 Å². The molecule has 2 rings (SSSR count). The van der Waals surface area contributed by atoms with Crippen LogP contribution in [0.2, 0.25) is 0 Å². The lowest BCUT2D eigenvalue weighted by Gasteiger charge is -2.35. The summed E-state index contributed by atoms with van der Waals surface area (Å²) in [6.45, 7) is 8.20. The number of piperazine rings is 1. The summed E-state index contributed by atoms with van der Waals surface area (Å²) in [5.74, 6) is 1.11. The number of aromatic nitrogens is 1. The lowest BCUT2D eigenvalue weighted by molar-refractivity contribution is 0.144. The van der Waals surface area contributed by atoms with Crippen molar-refractivity contribution in [1.82, 2.24) is 9.88 Å². The van der Waals surface area contributed by atoms with Gasteiger partial charge < -0.3 is 9.64 Å². The molecular formula is C13H21N3O. The van der Waals surface area contributed by atoms with Crippen LogP contribution in [0.25, 0.3) is 0 Å². The van der Waals surface area contributed by atoms with Gasteiger partial charge in [0.05, 0.1) is 6.61 Å². The van der Waals surface area contributed by atoms with E-state index >= 15 is 0 Å². The summed E-state index contributed by atoms with van der Waals surface area (Å²) in [6, 6.07) is 6.21. The van der Waals surface area contributed by atoms with Crippen molar-refractivity contribution in [3.63, 3.8) is 0 Å². The van der Waals surface area contributed by atoms with Gasteiger partial charge in [-0.25, -0.2) is 4.98 Å². The van der Waals surface area contributed by atoms with Crippen LogP contribution >= 0.6 is 0 Å². The van der Waals surface area contributed by atoms with Crippen LogP contribution in [0.5, 0.6) is 0 Å². The minimum atomic E-state index is 0.822. The Morgan fingerprint density at radius 3 is 2.65 bits per heavy atom. The van der Waals surface area contributed by atoms with Crippen molar-refractivity contribution in [3.05, 3.63) is 23.9 Å². The molecule has 94 valence electrons. The van der Waals surface area contributed by atoms with Gasteiger partial charge >= 0.3 is 0 Å². The molecule has 1 saturated heterocycles. The molecule has 0 spiro atoms. The third-order valence-corrected chi connectivity index (χ3v) is 3.18. The van der Waals surface area contributed by atoms with Crippen LogP contribution in [0.15, 0.2) is 18.2 Å². The molecule has 1 aliphatic heterocycles. The van der Waals surface area contributed by atoms with Crippen LogP contribution in [-0.2, 0) is 4.74 Å². The number of aryl methyl sites for hydroxylation is 1. The number of nitrogens with zero attached hydrogens (tertiary/aromatic N) is 3. The molecule has 0 amide bonds. The van der Waals surface area contributed by atoms with Gasteiger partial charge in [-0.1, -0.05) is 6.07 Å². The topological polar surface area (TPSA) is 28.6 Å². The number of rotatable bonds is 4. The summed E-state index contributed by atoms with van der Waals surface area (Å²) in [5, 5.41) is 0. The lowest BCUT2D eigenvalue weighted by Crippen LogP contribution is -2.47. The van der Waals surface area contributed by atoms with Crippen molar-refractivity contribution in [2.75, 3.05) is 51.3 Å². The maximum Gasteiger partial charge on any atom is 0.128 e. The first kappa shape index (κ1) is 12.3. The Bertz CT molecular complexity index is 348. The van der Waals surface area contributed by atoms with E-state index in [1.165, 1.54) is 0 Å². The Labute approximate surface area is 103 Å². The molecular weight excluding hydrogens is 214 g/mol. The van der Waals surface area contributed by atoms with Gasteiger partial charge in [0.2, 0.25) is 0 Å². The molecule has 0 atom stereocenters. The van der Waals surface area contributed by atoms with Crippen LogP contribution in [-0.4, -0.2) is 56.3 Å². The molecule has 0 radical (unpaired) electrons. The molecule has 0 saturated carbocycles. The Hall–Kier alpha value is -1.13. The minimum absolute atomic E-state index is 0.822. The number of hydrogen-bond acceptors (Lipinski definition) is 4. The Kier molecular flexibility index (Phi) is 4.34. The second-order valence-electron chi connectivity index (χ2n) is 4.46. The highest BCUT2D eigenvalue weighted by molar-refractivity contribution is 5.39. The molecule has 17 heavy (non-hydrogen) atoms. The summed E-state index contributed by atoms with van der Waals surface area (Å²) >= 11 is 0. The summed E-state index contributed by atoms with van der Waals surface area (Å²) < 4.78 is 5.10. The van der Waals surface area contributed by atoms with Crippen LogP contribution in [0, 0.1) is 6.92 Å². The molecule has 2 heterocycles. The van der Waals surface area contributed by atoms with E-state index in [9.17, 15) is 0 Å². The van der Waals surface area contributed by atoms with E-state index in [2.05, 4.69) is 26.9 Å². The smallest absolute Gasteiger partial charge is 0.128 e. The number of hydrogen-bond donors (Lipinski definition) is 0. The fourth-order valence-corrected chi connectivity index (χ4v) is 2.13. The van der Waals surface area contributed by atoms with Crippen molar-refractivity contribution >= 4 is 5.82 Å². The average Bonchev–Trinajstić information content (AvgIpc) is 2.37. The van der Waals surface area contributed by atoms with Gasteiger partial charge in [-0.15, -0.1) is 0 Å². The first-order chi connectivity index (χ1) is 8.29. The number of methoxy groups -OCH3 is 1. The van der Waals surface area contributed by atoms with Crippen molar-refractivity contribution < 1.29 is 4.74 Å². The molecule has 0 bridgehead atoms. The van der Waals surface area contributed by atoms with Gasteiger partial charge in [0.25, 0.3) is 0 Å². The number of ether oxygens (including phenoxy) is 1. The van der Waals surface area contributed by atoms with E-state index in [1.54, 1.807) is 7.11 Å². The van der Waals surface area contributed by atoms with E-state index in [4.69, 9.17) is 4.74 Å². The summed E-state index contributed by atoms with van der Waals surface area (Å²) in [4.78, 5) is 9.36. The normalized spacial score (nSPS) is 17.4. The highest BCUT2D eigenvalue weighted by atomic mass is 16.5. The van der Waals surface area contributed by atoms with Gasteiger partial charge in [0, 0.05) is 45.5 Å². The Balaban J connectivity index is 1.86. The van der Waals surface area contributed by atoms with Gasteiger partial charge in [-0.3, -0.25) is 4.90 Å². The SMILES string of the molecule is COCCN1CCN(c2cccc(C)n2)CC1. The molecule has 1 aromatic heterocycles. The van der Waals surface area contributed by atoms with E-state index in [0.717, 1.165) is 50.8 Å². The predicted molar refractivity (Wildman–Crippen MR) is 69.5 cm³/mol. The molecule has 1 aliphatic rings. The van der Waals surface area contributed by atoms with Gasteiger partial charge in [-0.05, 0) is 19.1 Å². The molecule has 4 heteroatoms. The predicted octanol–water partition coefficient (Wildman–Crippen LogP) is 1.16. The standard InChI is InChI=1S/C13H21N3O/c1-12-4-3-5-13(14-12)16-8-6-15(7-9-16)10-11-17-2/h3-5H,6-11H2,1-2H3. The van der Waals surface area contributed by atoms with Crippen LogP contribution < -0.4 is 4.90 Å². The monoisotopic (exact) mass is 235 g/mol. The molecule has 1 fully saturated rings. The second kappa shape index (κ2) is 5.98. The number of pyridine rings is 1. The van der Waals surface area contributed by atoms with E-state index in [0.29, 0.717) is 0 Å². The summed E-state index contributed by atoms with van der Waals surface area (Å²) in [7, 11) is 1.76. The zero-order valence-corrected chi connectivity index (χ0v) is 10.7. The molecule has 0 N–H and O–H groups in total. The lowest BCUT2D eigenvalue weighted by atomic mass is 10.3. The van der Waals surface area contributed by atoms with Crippen molar-refractivity contribution in [1.29, 1.82) is 0 Å². The fraction of sp³-hybridized carbons (Fsp3) is 0.615. The molecule has 4 nitrogen and oxygen atoms in total. The minimum Gasteiger partial charge on any atom is -0.383 e. The van der Waals surface area contributed by atoms with Gasteiger partial charge in [0.15, 0.2) is 0 Å². The van der Waals surface area contributed by atoms with E-state index < -0.39 is 0 Å². The molecule has 0 aliphatic carbocycles. The number of anilines is 1. The van der Waals surface area contributed by atoms with Crippen molar-refractivity contribution in [2.45, 2.75) is 6.92 Å². The molecule has 0 aromatic carbocycles. The zero-order chi connectivity index (χ0) is 12.1. The Morgan fingerprint density at radius 2 is 2.00 bits per heavy atom. The molecule has 0 unspecified atom stereocenters. The van der Waals surface area contributed by atoms with Gasteiger partial charge in [0.1, 0.15) is 5.82 Å². The first-order valence-corrected chi connectivity index (χ1v) is 6.19. The third kappa shape index (κ3) is 3.41. The maximum atomic E-state index is 5.10. The van der Waals surface area contributed by atoms with E-state index in [1.807, 2.05) is 13.0 Å². The largest absolute Gasteiger partial charge is 0.383 e. The van der Waals surface area contributed by atoms with Crippen molar-refractivity contribution in [3.8, 4) is 0 Å². The van der Waals surface area contributed by atoms with Crippen LogP contribution in [0.4, 0.5) is 5.82 Å². The fourth-order valence-electron chi connectivity index (χ4n) is 2.13. The molecule has 1 aromatic rings. The van der Waals surface area contributed by atoms with Crippen molar-refractivity contribution in [2.24, 2.45) is 0 Å². The first-order valence-electron chi connectivity index (χ1n) is 6.19. The summed E-state index contributed by atoms with van der Waals surface area (Å²) in [5.41, 5.74) is 1.09. The maximum absolute atomic E-state index is 5.10. The third-order valence-electron chi connectivity index (χ3n) is 3.18. The quantitative estimate of drug-likeness (QED) is 0.783. The highest BCUT2D eigenvalue weighted by Gasteiger charge is 2.17. The van der Waals surface area contributed by atoms with Gasteiger partial charge in [-0.2, -0.15) is 0 Å². The zero-order valence-electron chi connectivity index (χ0n) is 10.7. The highest BCUT2D eigenvalue weighted by Crippen LogP contribution is 2.13. The van der Waals surface area contributed by atoms with E-state index in [-0.39, 0.29) is 0 Å². The van der Waals surface area contributed by atoms with Crippen LogP contribution in [0.3, 0.4) is 0 Å².